The SMILES string of the molecule is C1C2CC3CC1CC(C2)C3.C1CC2CC1C2.C1CC2CCC1C2.C1CC2CCC1CC2.C1CC2CCCC(C1)C2. The predicted octanol–water partition coefficient (Wildman–Crippen LogP) is 12.4. The molecule has 0 spiro atoms. The van der Waals surface area contributed by atoms with E-state index in [1.165, 1.54) is 60.2 Å². The Morgan fingerprint density at radius 2 is 0.350 bits per heavy atom. The van der Waals surface area contributed by atoms with E-state index in [1.807, 2.05) is 0 Å². The molecule has 40 heavy (non-hydrogen) atoms. The maximum absolute atomic E-state index is 1.60. The van der Waals surface area contributed by atoms with Gasteiger partial charge in [0.15, 0.2) is 0 Å². The van der Waals surface area contributed by atoms with E-state index in [0.29, 0.717) is 0 Å². The minimum Gasteiger partial charge on any atom is -0.0528 e. The van der Waals surface area contributed by atoms with Crippen LogP contribution in [0.3, 0.4) is 0 Å². The summed E-state index contributed by atoms with van der Waals surface area (Å²) in [5.41, 5.74) is 0. The van der Waals surface area contributed by atoms with Gasteiger partial charge in [-0.3, -0.25) is 0 Å². The second kappa shape index (κ2) is 13.7. The topological polar surface area (TPSA) is 0 Å². The maximum atomic E-state index is 1.60. The molecule has 14 rings (SSSR count). The molecule has 0 unspecified atom stereocenters. The van der Waals surface area contributed by atoms with Gasteiger partial charge in [0.05, 0.1) is 0 Å². The average molecular weight is 549 g/mol. The van der Waals surface area contributed by atoms with E-state index in [2.05, 4.69) is 0 Å². The summed E-state index contributed by atoms with van der Waals surface area (Å²) in [4.78, 5) is 0. The third-order valence-electron chi connectivity index (χ3n) is 15.0. The normalized spacial score (nSPS) is 49.2. The van der Waals surface area contributed by atoms with Crippen LogP contribution in [-0.4, -0.2) is 0 Å². The molecule has 14 saturated carbocycles. The summed E-state index contributed by atoms with van der Waals surface area (Å²) in [6.45, 7) is 0. The summed E-state index contributed by atoms with van der Waals surface area (Å²) in [6, 6.07) is 0. The molecule has 12 bridgehead atoms. The van der Waals surface area contributed by atoms with E-state index in [-0.39, 0.29) is 0 Å². The van der Waals surface area contributed by atoms with Crippen molar-refractivity contribution in [2.24, 2.45) is 71.0 Å². The lowest BCUT2D eigenvalue weighted by Gasteiger charge is -2.49. The van der Waals surface area contributed by atoms with Gasteiger partial charge in [0, 0.05) is 0 Å². The Bertz CT molecular complexity index is 621. The lowest BCUT2D eigenvalue weighted by molar-refractivity contribution is 0.0198. The minimum absolute atomic E-state index is 1.15. The molecule has 0 aromatic carbocycles. The molecule has 228 valence electrons. The molecule has 0 aromatic rings. The highest BCUT2D eigenvalue weighted by Gasteiger charge is 2.41. The molecule has 0 aliphatic heterocycles. The molecular weight excluding hydrogens is 480 g/mol. The fourth-order valence-electron chi connectivity index (χ4n) is 12.9. The zero-order valence-electron chi connectivity index (χ0n) is 26.7. The van der Waals surface area contributed by atoms with Crippen molar-refractivity contribution in [3.8, 4) is 0 Å². The van der Waals surface area contributed by atoms with E-state index in [1.54, 1.807) is 167 Å². The Kier molecular flexibility index (Phi) is 9.88. The summed E-state index contributed by atoms with van der Waals surface area (Å²) >= 11 is 0. The van der Waals surface area contributed by atoms with Crippen molar-refractivity contribution in [1.29, 1.82) is 0 Å². The first kappa shape index (κ1) is 28.8. The van der Waals surface area contributed by atoms with Crippen LogP contribution >= 0.6 is 0 Å². The van der Waals surface area contributed by atoms with Gasteiger partial charge in [-0.25, -0.2) is 0 Å². The van der Waals surface area contributed by atoms with Gasteiger partial charge >= 0.3 is 0 Å². The van der Waals surface area contributed by atoms with Crippen molar-refractivity contribution < 1.29 is 0 Å². The highest BCUT2D eigenvalue weighted by molar-refractivity contribution is 4.93. The molecular formula is C40H68. The Labute approximate surface area is 250 Å². The lowest BCUT2D eigenvalue weighted by atomic mass is 9.56. The van der Waals surface area contributed by atoms with E-state index < -0.39 is 0 Å². The van der Waals surface area contributed by atoms with Gasteiger partial charge in [0.1, 0.15) is 0 Å². The molecule has 0 aromatic heterocycles. The quantitative estimate of drug-likeness (QED) is 0.282. The van der Waals surface area contributed by atoms with E-state index >= 15 is 0 Å². The van der Waals surface area contributed by atoms with Gasteiger partial charge in [-0.2, -0.15) is 0 Å². The van der Waals surface area contributed by atoms with Crippen molar-refractivity contribution in [3.05, 3.63) is 0 Å². The number of rotatable bonds is 0. The third kappa shape index (κ3) is 7.74. The van der Waals surface area contributed by atoms with Crippen molar-refractivity contribution in [2.75, 3.05) is 0 Å². The first-order chi connectivity index (χ1) is 19.7. The van der Waals surface area contributed by atoms with Gasteiger partial charge in [0.2, 0.25) is 0 Å². The lowest BCUT2D eigenvalue weighted by Crippen LogP contribution is -2.38. The largest absolute Gasteiger partial charge is 0.0528 e. The second-order valence-electron chi connectivity index (χ2n) is 18.1. The van der Waals surface area contributed by atoms with Crippen LogP contribution in [0.4, 0.5) is 0 Å². The van der Waals surface area contributed by atoms with Crippen molar-refractivity contribution >= 4 is 0 Å². The number of hydrogen-bond donors (Lipinski definition) is 0. The fraction of sp³-hybridized carbons (Fsp3) is 1.00. The molecule has 14 fully saturated rings. The minimum atomic E-state index is 1.15. The third-order valence-corrected chi connectivity index (χ3v) is 15.0. The maximum Gasteiger partial charge on any atom is -0.0406 e. The highest BCUT2D eigenvalue weighted by atomic mass is 14.5. The molecule has 0 heteroatoms. The summed E-state index contributed by atoms with van der Waals surface area (Å²) in [7, 11) is 0. The molecule has 0 radical (unpaired) electrons. The Morgan fingerprint density at radius 1 is 0.150 bits per heavy atom. The van der Waals surface area contributed by atoms with Gasteiger partial charge < -0.3 is 0 Å². The molecule has 0 N–H and O–H groups in total. The molecule has 14 aliphatic rings. The molecule has 0 atom stereocenters. The average Bonchev–Trinajstić information content (AvgIpc) is 3.80. The number of fused-ring (bicyclic) bond motifs is 8. The summed E-state index contributed by atoms with van der Waals surface area (Å²) in [6.07, 6.45) is 44.0. The number of hydrogen-bond acceptors (Lipinski definition) is 0. The molecule has 0 heterocycles. The Hall–Kier alpha value is 0. The molecule has 0 amide bonds. The van der Waals surface area contributed by atoms with E-state index in [9.17, 15) is 0 Å². The van der Waals surface area contributed by atoms with Crippen LogP contribution in [0.1, 0.15) is 180 Å². The first-order valence-corrected chi connectivity index (χ1v) is 19.7. The predicted molar refractivity (Wildman–Crippen MR) is 171 cm³/mol. The summed E-state index contributed by atoms with van der Waals surface area (Å²) in [5.74, 6) is 14.0. The molecule has 0 nitrogen and oxygen atoms in total. The van der Waals surface area contributed by atoms with Crippen molar-refractivity contribution in [2.45, 2.75) is 180 Å². The van der Waals surface area contributed by atoms with Crippen LogP contribution in [0, 0.1) is 71.0 Å². The zero-order valence-corrected chi connectivity index (χ0v) is 26.7. The first-order valence-electron chi connectivity index (χ1n) is 19.7. The Balaban J connectivity index is 0.0000000835. The zero-order chi connectivity index (χ0) is 26.7. The van der Waals surface area contributed by atoms with E-state index in [0.717, 1.165) is 23.7 Å². The van der Waals surface area contributed by atoms with E-state index in [4.69, 9.17) is 0 Å². The van der Waals surface area contributed by atoms with Crippen LogP contribution < -0.4 is 0 Å². The standard InChI is InChI=1S/C10H16.C9H16.C8H14.C7H12.C6H10/c1-7-2-9-4-8(1)5-10(3-7)6-9;1-3-8-5-2-6-9(4-1)7-8;1-2-8-5-3-7(1)4-6-8;1-2-7-4-3-6(1)5-7;1-2-6-3-5(1)4-6/h7-10H,1-6H2;8-9H,1-7H2;7-8H,1-6H2;6-7H,1-5H2;5-6H,1-4H2. The second-order valence-corrected chi connectivity index (χ2v) is 18.1. The van der Waals surface area contributed by atoms with Crippen LogP contribution in [0.2, 0.25) is 0 Å². The van der Waals surface area contributed by atoms with Gasteiger partial charge in [-0.15, -0.1) is 0 Å². The van der Waals surface area contributed by atoms with Crippen LogP contribution in [0.15, 0.2) is 0 Å². The fourth-order valence-corrected chi connectivity index (χ4v) is 12.9. The summed E-state index contributed by atoms with van der Waals surface area (Å²) in [5, 5.41) is 0. The van der Waals surface area contributed by atoms with Gasteiger partial charge in [-0.1, -0.05) is 116 Å². The van der Waals surface area contributed by atoms with Crippen molar-refractivity contribution in [1.82, 2.24) is 0 Å². The Morgan fingerprint density at radius 3 is 0.550 bits per heavy atom. The van der Waals surface area contributed by atoms with Gasteiger partial charge in [-0.05, 0) is 135 Å². The van der Waals surface area contributed by atoms with Crippen molar-refractivity contribution in [3.63, 3.8) is 0 Å². The van der Waals surface area contributed by atoms with Crippen LogP contribution in [0.5, 0.6) is 0 Å². The smallest absolute Gasteiger partial charge is 0.0406 e. The molecule has 14 aliphatic carbocycles. The van der Waals surface area contributed by atoms with Crippen LogP contribution in [0.25, 0.3) is 0 Å². The molecule has 0 saturated heterocycles. The summed E-state index contributed by atoms with van der Waals surface area (Å²) < 4.78 is 0. The van der Waals surface area contributed by atoms with Gasteiger partial charge in [0.25, 0.3) is 0 Å². The monoisotopic (exact) mass is 549 g/mol. The highest BCUT2D eigenvalue weighted by Crippen LogP contribution is 2.53. The van der Waals surface area contributed by atoms with Crippen LogP contribution in [-0.2, 0) is 0 Å².